The maximum Gasteiger partial charge on any atom is 0.341 e. The molecule has 1 aromatic heterocycles. The summed E-state index contributed by atoms with van der Waals surface area (Å²) in [6.07, 6.45) is 1.72. The third-order valence-electron chi connectivity index (χ3n) is 3.05. The van der Waals surface area contributed by atoms with Gasteiger partial charge in [-0.05, 0) is 25.8 Å². The number of halogens is 2. The Balaban J connectivity index is 2.57. The van der Waals surface area contributed by atoms with E-state index in [9.17, 15) is 13.6 Å². The van der Waals surface area contributed by atoms with Crippen LogP contribution in [0.1, 0.15) is 49.2 Å². The second-order valence-electron chi connectivity index (χ2n) is 4.90. The van der Waals surface area contributed by atoms with Crippen LogP contribution in [0.5, 0.6) is 0 Å². The fraction of sp³-hybridized carbons (Fsp3) is 0.533. The number of aryl methyl sites for hydroxylation is 1. The molecule has 0 aliphatic heterocycles. The van der Waals surface area contributed by atoms with E-state index in [4.69, 9.17) is 4.74 Å². The molecule has 0 radical (unpaired) electrons. The molecule has 1 heterocycles. The van der Waals surface area contributed by atoms with Crippen molar-refractivity contribution in [3.63, 3.8) is 0 Å². The van der Waals surface area contributed by atoms with E-state index in [1.165, 1.54) is 13.1 Å². The maximum atomic E-state index is 12.2. The Morgan fingerprint density at radius 2 is 2.14 bits per heavy atom. The molecule has 0 saturated carbocycles. The van der Waals surface area contributed by atoms with Gasteiger partial charge in [0, 0.05) is 19.2 Å². The van der Waals surface area contributed by atoms with E-state index in [1.807, 2.05) is 0 Å². The molecular formula is C15H21F2N3O2. The number of esters is 1. The molecule has 0 amide bonds. The average Bonchev–Trinajstić information content (AvgIpc) is 2.47. The van der Waals surface area contributed by atoms with Crippen molar-refractivity contribution in [3.05, 3.63) is 29.1 Å². The first-order chi connectivity index (χ1) is 10.5. The van der Waals surface area contributed by atoms with Crippen LogP contribution in [0.25, 0.3) is 0 Å². The molecule has 22 heavy (non-hydrogen) atoms. The Bertz CT molecular complexity index is 544. The molecule has 0 aliphatic carbocycles. The van der Waals surface area contributed by atoms with Crippen LogP contribution in [0.15, 0.2) is 17.9 Å². The van der Waals surface area contributed by atoms with Crippen LogP contribution in [0.3, 0.4) is 0 Å². The van der Waals surface area contributed by atoms with Gasteiger partial charge in [-0.15, -0.1) is 0 Å². The Kier molecular flexibility index (Phi) is 7.42. The molecule has 1 aromatic rings. The van der Waals surface area contributed by atoms with Crippen molar-refractivity contribution in [2.45, 2.75) is 40.0 Å². The van der Waals surface area contributed by atoms with E-state index in [2.05, 4.69) is 22.2 Å². The number of rotatable bonds is 8. The first-order valence-corrected chi connectivity index (χ1v) is 7.21. The fourth-order valence-electron chi connectivity index (χ4n) is 1.60. The predicted molar refractivity (Wildman–Crippen MR) is 80.0 cm³/mol. The van der Waals surface area contributed by atoms with Crippen LogP contribution in [-0.4, -0.2) is 29.1 Å². The predicted octanol–water partition coefficient (Wildman–Crippen LogP) is 3.71. The van der Waals surface area contributed by atoms with Gasteiger partial charge in [0.15, 0.2) is 0 Å². The normalized spacial score (nSPS) is 10.2. The summed E-state index contributed by atoms with van der Waals surface area (Å²) in [5, 5.41) is 3.06. The standard InChI is InChI=1S/C15H21F2N3O2/c1-4-5-7-18-15-19-9-12(11(3)20-15)14(21)22-8-6-10(2)13(16)17/h9H,4-8H2,1-3H3,(H,18,19,20). The Morgan fingerprint density at radius 3 is 2.73 bits per heavy atom. The van der Waals surface area contributed by atoms with Gasteiger partial charge in [-0.1, -0.05) is 13.3 Å². The summed E-state index contributed by atoms with van der Waals surface area (Å²) in [7, 11) is 0. The van der Waals surface area contributed by atoms with Crippen LogP contribution >= 0.6 is 0 Å². The molecule has 122 valence electrons. The Hall–Kier alpha value is -2.05. The number of ether oxygens (including phenoxy) is 1. The second-order valence-corrected chi connectivity index (χ2v) is 4.90. The van der Waals surface area contributed by atoms with Crippen molar-refractivity contribution in [1.82, 2.24) is 9.97 Å². The Labute approximate surface area is 128 Å². The number of nitrogens with zero attached hydrogens (tertiary/aromatic N) is 2. The highest BCUT2D eigenvalue weighted by Crippen LogP contribution is 2.12. The topological polar surface area (TPSA) is 64.1 Å². The number of nitrogens with one attached hydrogen (secondary N) is 1. The van der Waals surface area contributed by atoms with Gasteiger partial charge in [-0.25, -0.2) is 14.8 Å². The van der Waals surface area contributed by atoms with Gasteiger partial charge in [-0.2, -0.15) is 8.78 Å². The van der Waals surface area contributed by atoms with Crippen molar-refractivity contribution in [2.75, 3.05) is 18.5 Å². The average molecular weight is 313 g/mol. The third kappa shape index (κ3) is 5.75. The number of hydrogen-bond acceptors (Lipinski definition) is 5. The highest BCUT2D eigenvalue weighted by molar-refractivity contribution is 5.90. The molecule has 7 heteroatoms. The molecule has 1 rings (SSSR count). The second kappa shape index (κ2) is 9.07. The van der Waals surface area contributed by atoms with E-state index in [1.54, 1.807) is 6.92 Å². The maximum absolute atomic E-state index is 12.2. The zero-order valence-electron chi connectivity index (χ0n) is 13.1. The van der Waals surface area contributed by atoms with Crippen LogP contribution < -0.4 is 5.32 Å². The minimum absolute atomic E-state index is 0.00460. The van der Waals surface area contributed by atoms with Gasteiger partial charge >= 0.3 is 5.97 Å². The SMILES string of the molecule is CCCCNc1ncc(C(=O)OCCC(C)=C(F)F)c(C)n1. The lowest BCUT2D eigenvalue weighted by Gasteiger charge is -2.08. The quantitative estimate of drug-likeness (QED) is 0.585. The minimum Gasteiger partial charge on any atom is -0.462 e. The summed E-state index contributed by atoms with van der Waals surface area (Å²) in [6, 6.07) is 0. The molecule has 0 fully saturated rings. The highest BCUT2D eigenvalue weighted by Gasteiger charge is 2.13. The van der Waals surface area contributed by atoms with Gasteiger partial charge in [-0.3, -0.25) is 0 Å². The number of unbranched alkanes of at least 4 members (excludes halogenated alkanes) is 1. The molecule has 0 aromatic carbocycles. The zero-order chi connectivity index (χ0) is 16.5. The van der Waals surface area contributed by atoms with E-state index >= 15 is 0 Å². The molecule has 1 N–H and O–H groups in total. The van der Waals surface area contributed by atoms with Crippen LogP contribution in [0.4, 0.5) is 14.7 Å². The monoisotopic (exact) mass is 313 g/mol. The molecule has 0 spiro atoms. The molecule has 0 saturated heterocycles. The van der Waals surface area contributed by atoms with Crippen LogP contribution in [-0.2, 0) is 4.74 Å². The zero-order valence-corrected chi connectivity index (χ0v) is 13.1. The van der Waals surface area contributed by atoms with Crippen molar-refractivity contribution in [1.29, 1.82) is 0 Å². The van der Waals surface area contributed by atoms with Crippen molar-refractivity contribution >= 4 is 11.9 Å². The lowest BCUT2D eigenvalue weighted by molar-refractivity contribution is 0.0506. The number of carbonyl (C=O) groups is 1. The van der Waals surface area contributed by atoms with Crippen molar-refractivity contribution in [2.24, 2.45) is 0 Å². The smallest absolute Gasteiger partial charge is 0.341 e. The minimum atomic E-state index is -1.74. The largest absolute Gasteiger partial charge is 0.462 e. The fourth-order valence-corrected chi connectivity index (χ4v) is 1.60. The molecule has 0 aliphatic rings. The summed E-state index contributed by atoms with van der Waals surface area (Å²) < 4.78 is 29.4. The summed E-state index contributed by atoms with van der Waals surface area (Å²) in [5.41, 5.74) is 0.641. The molecular weight excluding hydrogens is 292 g/mol. The van der Waals surface area contributed by atoms with Crippen molar-refractivity contribution < 1.29 is 18.3 Å². The van der Waals surface area contributed by atoms with Gasteiger partial charge in [0.05, 0.1) is 17.9 Å². The molecule has 5 nitrogen and oxygen atoms in total. The van der Waals surface area contributed by atoms with E-state index < -0.39 is 12.0 Å². The summed E-state index contributed by atoms with van der Waals surface area (Å²) >= 11 is 0. The van der Waals surface area contributed by atoms with Crippen molar-refractivity contribution in [3.8, 4) is 0 Å². The Morgan fingerprint density at radius 1 is 1.41 bits per heavy atom. The lowest BCUT2D eigenvalue weighted by atomic mass is 10.2. The van der Waals surface area contributed by atoms with Gasteiger partial charge in [0.2, 0.25) is 5.95 Å². The van der Waals surface area contributed by atoms with Crippen LogP contribution in [0.2, 0.25) is 0 Å². The van der Waals surface area contributed by atoms with Gasteiger partial charge < -0.3 is 10.1 Å². The van der Waals surface area contributed by atoms with Gasteiger partial charge in [0.1, 0.15) is 0 Å². The van der Waals surface area contributed by atoms with E-state index in [-0.39, 0.29) is 24.2 Å². The number of hydrogen-bond donors (Lipinski definition) is 1. The van der Waals surface area contributed by atoms with E-state index in [0.29, 0.717) is 11.6 Å². The number of anilines is 1. The first-order valence-electron chi connectivity index (χ1n) is 7.21. The van der Waals surface area contributed by atoms with Crippen LogP contribution in [0, 0.1) is 6.92 Å². The number of carbonyl (C=O) groups excluding carboxylic acids is 1. The summed E-state index contributed by atoms with van der Waals surface area (Å²) in [4.78, 5) is 20.1. The summed E-state index contributed by atoms with van der Waals surface area (Å²) in [6.45, 7) is 5.72. The first kappa shape index (κ1) is 18.0. The summed E-state index contributed by atoms with van der Waals surface area (Å²) in [5.74, 6) is -0.148. The lowest BCUT2D eigenvalue weighted by Crippen LogP contribution is -2.12. The molecule has 0 unspecified atom stereocenters. The number of aromatic nitrogens is 2. The van der Waals surface area contributed by atoms with Gasteiger partial charge in [0.25, 0.3) is 6.08 Å². The van der Waals surface area contributed by atoms with E-state index in [0.717, 1.165) is 19.4 Å². The third-order valence-corrected chi connectivity index (χ3v) is 3.05. The molecule has 0 atom stereocenters. The molecule has 0 bridgehead atoms. The highest BCUT2D eigenvalue weighted by atomic mass is 19.3.